The van der Waals surface area contributed by atoms with E-state index in [1.54, 1.807) is 7.11 Å². The predicted molar refractivity (Wildman–Crippen MR) is 119 cm³/mol. The Morgan fingerprint density at radius 2 is 1.77 bits per heavy atom. The molecule has 1 aliphatic heterocycles. The van der Waals surface area contributed by atoms with Crippen molar-refractivity contribution in [3.8, 4) is 5.75 Å². The highest BCUT2D eigenvalue weighted by atomic mass is 16.5. The molecule has 1 aliphatic rings. The molecule has 0 unspecified atom stereocenters. The molecule has 0 spiro atoms. The molecule has 0 saturated carbocycles. The summed E-state index contributed by atoms with van der Waals surface area (Å²) in [6.07, 6.45) is 2.39. The summed E-state index contributed by atoms with van der Waals surface area (Å²) in [6, 6.07) is 12.4. The number of carbonyl (C=O) groups excluding carboxylic acids is 1. The van der Waals surface area contributed by atoms with Crippen molar-refractivity contribution in [1.29, 1.82) is 0 Å². The van der Waals surface area contributed by atoms with Crippen molar-refractivity contribution < 1.29 is 13.9 Å². The molecular formula is C25H30N2O3. The van der Waals surface area contributed by atoms with Gasteiger partial charge in [-0.3, -0.25) is 9.69 Å². The second-order valence-electron chi connectivity index (χ2n) is 8.23. The molecule has 5 heteroatoms. The van der Waals surface area contributed by atoms with Gasteiger partial charge in [0.15, 0.2) is 5.76 Å². The van der Waals surface area contributed by atoms with Gasteiger partial charge in [0.2, 0.25) is 0 Å². The number of aryl methyl sites for hydroxylation is 3. The van der Waals surface area contributed by atoms with Gasteiger partial charge in [-0.15, -0.1) is 0 Å². The first kappa shape index (κ1) is 20.5. The monoisotopic (exact) mass is 406 g/mol. The minimum absolute atomic E-state index is 0.136. The second-order valence-corrected chi connectivity index (χ2v) is 8.23. The molecule has 2 aromatic carbocycles. The summed E-state index contributed by atoms with van der Waals surface area (Å²) in [4.78, 5) is 15.5. The van der Waals surface area contributed by atoms with E-state index in [1.807, 2.05) is 25.1 Å². The van der Waals surface area contributed by atoms with Crippen LogP contribution in [0, 0.1) is 20.8 Å². The maximum absolute atomic E-state index is 13.0. The molecule has 1 N–H and O–H groups in total. The van der Waals surface area contributed by atoms with Crippen LogP contribution in [-0.4, -0.2) is 37.6 Å². The van der Waals surface area contributed by atoms with Gasteiger partial charge in [-0.1, -0.05) is 12.1 Å². The highest BCUT2D eigenvalue weighted by Gasteiger charge is 2.25. The van der Waals surface area contributed by atoms with E-state index in [0.717, 1.165) is 40.9 Å². The Bertz CT molecular complexity index is 1050. The van der Waals surface area contributed by atoms with E-state index in [0.29, 0.717) is 12.3 Å². The topological polar surface area (TPSA) is 54.7 Å². The average Bonchev–Trinajstić information content (AvgIpc) is 3.38. The zero-order valence-corrected chi connectivity index (χ0v) is 18.2. The molecule has 158 valence electrons. The molecule has 4 rings (SSSR count). The van der Waals surface area contributed by atoms with Gasteiger partial charge < -0.3 is 14.5 Å². The quantitative estimate of drug-likeness (QED) is 0.630. The van der Waals surface area contributed by atoms with Gasteiger partial charge in [0, 0.05) is 17.5 Å². The van der Waals surface area contributed by atoms with Crippen molar-refractivity contribution in [3.63, 3.8) is 0 Å². The summed E-state index contributed by atoms with van der Waals surface area (Å²) >= 11 is 0. The molecule has 30 heavy (non-hydrogen) atoms. The molecule has 1 aromatic heterocycles. The Labute approximate surface area is 178 Å². The van der Waals surface area contributed by atoms with Crippen LogP contribution >= 0.6 is 0 Å². The molecule has 2 heterocycles. The number of hydrogen-bond acceptors (Lipinski definition) is 4. The summed E-state index contributed by atoms with van der Waals surface area (Å²) in [5, 5.41) is 4.14. The normalized spacial score (nSPS) is 15.5. The number of nitrogens with zero attached hydrogens (tertiary/aromatic N) is 1. The summed E-state index contributed by atoms with van der Waals surface area (Å²) < 4.78 is 11.2. The highest BCUT2D eigenvalue weighted by molar-refractivity contribution is 5.99. The molecule has 1 fully saturated rings. The molecule has 3 aromatic rings. The fourth-order valence-corrected chi connectivity index (χ4v) is 4.30. The third-order valence-corrected chi connectivity index (χ3v) is 6.30. The van der Waals surface area contributed by atoms with E-state index in [1.165, 1.54) is 24.0 Å². The van der Waals surface area contributed by atoms with Gasteiger partial charge in [-0.25, -0.2) is 0 Å². The third-order valence-electron chi connectivity index (χ3n) is 6.30. The number of hydrogen-bond donors (Lipinski definition) is 1. The molecule has 0 aliphatic carbocycles. The van der Waals surface area contributed by atoms with Gasteiger partial charge >= 0.3 is 0 Å². The first-order valence-corrected chi connectivity index (χ1v) is 10.6. The molecule has 5 nitrogen and oxygen atoms in total. The number of methoxy groups -OCH3 is 1. The Morgan fingerprint density at radius 1 is 1.10 bits per heavy atom. The lowest BCUT2D eigenvalue weighted by atomic mass is 10.0. The number of nitrogens with one attached hydrogen (secondary N) is 1. The van der Waals surface area contributed by atoms with Crippen LogP contribution in [0.3, 0.4) is 0 Å². The molecule has 1 saturated heterocycles. The average molecular weight is 407 g/mol. The van der Waals surface area contributed by atoms with Crippen LogP contribution in [0.25, 0.3) is 11.0 Å². The van der Waals surface area contributed by atoms with Crippen LogP contribution in [0.2, 0.25) is 0 Å². The Morgan fingerprint density at radius 3 is 2.43 bits per heavy atom. The molecule has 1 amide bonds. The number of carbonyl (C=O) groups is 1. The van der Waals surface area contributed by atoms with Gasteiger partial charge in [-0.2, -0.15) is 0 Å². The van der Waals surface area contributed by atoms with Crippen LogP contribution in [0.1, 0.15) is 51.7 Å². The van der Waals surface area contributed by atoms with E-state index in [2.05, 4.69) is 42.3 Å². The van der Waals surface area contributed by atoms with Crippen molar-refractivity contribution >= 4 is 16.9 Å². The van der Waals surface area contributed by atoms with E-state index in [9.17, 15) is 4.79 Å². The number of fused-ring (bicyclic) bond motifs is 1. The number of furan rings is 1. The third kappa shape index (κ3) is 3.94. The SMILES string of the molecule is COc1ccc([C@H](CNC(=O)c2oc3cc(C)c(C)cc3c2C)N2CCCC2)cc1. The number of rotatable bonds is 6. The zero-order valence-electron chi connectivity index (χ0n) is 18.2. The Hall–Kier alpha value is -2.79. The largest absolute Gasteiger partial charge is 0.497 e. The molecule has 0 bridgehead atoms. The lowest BCUT2D eigenvalue weighted by Gasteiger charge is -2.28. The van der Waals surface area contributed by atoms with Crippen molar-refractivity contribution in [3.05, 3.63) is 64.4 Å². The van der Waals surface area contributed by atoms with Crippen LogP contribution < -0.4 is 10.1 Å². The molecular weight excluding hydrogens is 376 g/mol. The fourth-order valence-electron chi connectivity index (χ4n) is 4.30. The highest BCUT2D eigenvalue weighted by Crippen LogP contribution is 2.29. The first-order chi connectivity index (χ1) is 14.5. The number of likely N-dealkylation sites (tertiary alicyclic amines) is 1. The Kier molecular flexibility index (Phi) is 5.82. The van der Waals surface area contributed by atoms with E-state index in [4.69, 9.17) is 9.15 Å². The zero-order chi connectivity index (χ0) is 21.3. The van der Waals surface area contributed by atoms with Gasteiger partial charge in [0.1, 0.15) is 11.3 Å². The maximum Gasteiger partial charge on any atom is 0.287 e. The number of amides is 1. The van der Waals surface area contributed by atoms with Crippen LogP contribution in [0.5, 0.6) is 5.75 Å². The summed E-state index contributed by atoms with van der Waals surface area (Å²) in [7, 11) is 1.67. The summed E-state index contributed by atoms with van der Waals surface area (Å²) in [6.45, 7) is 8.73. The van der Waals surface area contributed by atoms with Crippen LogP contribution in [-0.2, 0) is 0 Å². The van der Waals surface area contributed by atoms with E-state index < -0.39 is 0 Å². The van der Waals surface area contributed by atoms with E-state index >= 15 is 0 Å². The predicted octanol–water partition coefficient (Wildman–Crippen LogP) is 4.93. The standard InChI is InChI=1S/C25H30N2O3/c1-16-13-21-18(3)24(30-23(21)14-17(16)2)25(28)26-15-22(27-11-5-6-12-27)19-7-9-20(29-4)10-8-19/h7-10,13-14,22H,5-6,11-12,15H2,1-4H3,(H,26,28)/t22-/m0/s1. The van der Waals surface area contributed by atoms with Gasteiger partial charge in [0.05, 0.1) is 13.2 Å². The van der Waals surface area contributed by atoms with Crippen molar-refractivity contribution in [2.45, 2.75) is 39.7 Å². The first-order valence-electron chi connectivity index (χ1n) is 10.6. The fraction of sp³-hybridized carbons (Fsp3) is 0.400. The Balaban J connectivity index is 1.55. The number of benzene rings is 2. The lowest BCUT2D eigenvalue weighted by molar-refractivity contribution is 0.0911. The maximum atomic E-state index is 13.0. The van der Waals surface area contributed by atoms with Gasteiger partial charge in [0.25, 0.3) is 5.91 Å². The van der Waals surface area contributed by atoms with E-state index in [-0.39, 0.29) is 11.9 Å². The van der Waals surface area contributed by atoms with Crippen molar-refractivity contribution in [2.24, 2.45) is 0 Å². The lowest BCUT2D eigenvalue weighted by Crippen LogP contribution is -2.36. The van der Waals surface area contributed by atoms with Crippen LogP contribution in [0.4, 0.5) is 0 Å². The van der Waals surface area contributed by atoms with Gasteiger partial charge in [-0.05, 0) is 87.7 Å². The summed E-state index contributed by atoms with van der Waals surface area (Å²) in [5.41, 5.74) is 5.22. The minimum atomic E-state index is -0.156. The van der Waals surface area contributed by atoms with Crippen LogP contribution in [0.15, 0.2) is 40.8 Å². The molecule has 0 radical (unpaired) electrons. The second kappa shape index (κ2) is 8.52. The minimum Gasteiger partial charge on any atom is -0.497 e. The smallest absolute Gasteiger partial charge is 0.287 e. The molecule has 1 atom stereocenters. The number of ether oxygens (including phenoxy) is 1. The van der Waals surface area contributed by atoms with Crippen molar-refractivity contribution in [2.75, 3.05) is 26.7 Å². The summed E-state index contributed by atoms with van der Waals surface area (Å²) in [5.74, 6) is 1.09. The van der Waals surface area contributed by atoms with Crippen molar-refractivity contribution in [1.82, 2.24) is 10.2 Å².